The molecule has 2 fully saturated rings. The zero-order chi connectivity index (χ0) is 35.4. The summed E-state index contributed by atoms with van der Waals surface area (Å²) in [6.45, 7) is 10.7. The molecular formula is C36H54FN3O8. The molecule has 1 saturated heterocycles. The molecule has 1 aliphatic heterocycles. The van der Waals surface area contributed by atoms with Crippen LogP contribution in [-0.4, -0.2) is 105 Å². The van der Waals surface area contributed by atoms with E-state index in [2.05, 4.69) is 10.2 Å². The summed E-state index contributed by atoms with van der Waals surface area (Å²) >= 11 is 0. The number of amides is 1. The molecule has 48 heavy (non-hydrogen) atoms. The number of nitrogens with zero attached hydrogens (tertiary/aromatic N) is 2. The Kier molecular flexibility index (Phi) is 14.8. The topological polar surface area (TPSA) is 124 Å². The van der Waals surface area contributed by atoms with Gasteiger partial charge >= 0.3 is 17.9 Å². The smallest absolute Gasteiger partial charge is 0.347 e. The van der Waals surface area contributed by atoms with Crippen molar-refractivity contribution in [3.63, 3.8) is 0 Å². The van der Waals surface area contributed by atoms with Crippen LogP contribution in [0.3, 0.4) is 0 Å². The second-order valence-electron chi connectivity index (χ2n) is 13.4. The largest absolute Gasteiger partial charge is 0.456 e. The van der Waals surface area contributed by atoms with Gasteiger partial charge in [-0.3, -0.25) is 9.59 Å². The fourth-order valence-corrected chi connectivity index (χ4v) is 5.48. The fourth-order valence-electron chi connectivity index (χ4n) is 5.48. The number of morpholine rings is 1. The summed E-state index contributed by atoms with van der Waals surface area (Å²) in [5, 5.41) is 2.79. The van der Waals surface area contributed by atoms with E-state index in [9.17, 15) is 23.6 Å². The summed E-state index contributed by atoms with van der Waals surface area (Å²) in [5.41, 5.74) is 0.0803. The van der Waals surface area contributed by atoms with Crippen LogP contribution in [0, 0.1) is 5.92 Å². The molecule has 1 aliphatic carbocycles. The maximum atomic E-state index is 14.5. The second-order valence-corrected chi connectivity index (χ2v) is 13.4. The Bertz CT molecular complexity index is 1240. The van der Waals surface area contributed by atoms with Crippen LogP contribution >= 0.6 is 0 Å². The number of nitrogens with one attached hydrogen (secondary N) is 1. The Morgan fingerprint density at radius 1 is 1.04 bits per heavy atom. The Morgan fingerprint density at radius 2 is 1.69 bits per heavy atom. The molecule has 1 aromatic carbocycles. The average molecular weight is 676 g/mol. The molecule has 1 aromatic rings. The van der Waals surface area contributed by atoms with Crippen molar-refractivity contribution in [1.29, 1.82) is 0 Å². The lowest BCUT2D eigenvalue weighted by atomic mass is 10.0. The summed E-state index contributed by atoms with van der Waals surface area (Å²) in [7, 11) is 3.00. The predicted octanol–water partition coefficient (Wildman–Crippen LogP) is 4.16. The van der Waals surface area contributed by atoms with E-state index in [-0.39, 0.29) is 18.8 Å². The van der Waals surface area contributed by atoms with E-state index in [1.165, 1.54) is 39.8 Å². The Morgan fingerprint density at radius 3 is 2.25 bits per heavy atom. The predicted molar refractivity (Wildman–Crippen MR) is 180 cm³/mol. The summed E-state index contributed by atoms with van der Waals surface area (Å²) in [6.07, 6.45) is 3.43. The van der Waals surface area contributed by atoms with Crippen molar-refractivity contribution >= 4 is 29.5 Å². The summed E-state index contributed by atoms with van der Waals surface area (Å²) in [6, 6.07) is 5.62. The molecule has 11 nitrogen and oxygen atoms in total. The highest BCUT2D eigenvalue weighted by Gasteiger charge is 2.40. The third-order valence-electron chi connectivity index (χ3n) is 8.50. The molecule has 1 heterocycles. The quantitative estimate of drug-likeness (QED) is 0.138. The minimum Gasteiger partial charge on any atom is -0.456 e. The van der Waals surface area contributed by atoms with Crippen molar-refractivity contribution in [1.82, 2.24) is 10.2 Å². The first-order chi connectivity index (χ1) is 22.7. The molecule has 1 unspecified atom stereocenters. The van der Waals surface area contributed by atoms with Crippen LogP contribution in [0.1, 0.15) is 72.3 Å². The lowest BCUT2D eigenvalue weighted by Gasteiger charge is -2.31. The maximum absolute atomic E-state index is 14.5. The number of ether oxygens (including phenoxy) is 4. The first kappa shape index (κ1) is 38.9. The number of esters is 3. The summed E-state index contributed by atoms with van der Waals surface area (Å²) in [5.74, 6) is -2.61. The third kappa shape index (κ3) is 12.5. The number of halogens is 1. The molecule has 1 N–H and O–H groups in total. The first-order valence-electron chi connectivity index (χ1n) is 17.0. The number of alkyl halides is 1. The van der Waals surface area contributed by atoms with Crippen LogP contribution < -0.4 is 10.2 Å². The highest BCUT2D eigenvalue weighted by atomic mass is 19.1. The number of hydrogen-bond acceptors (Lipinski definition) is 10. The normalized spacial score (nSPS) is 18.4. The SMILES string of the molecule is CC/C=C\C(C)OC(=O)[C@@H](C)OC(=O)[C@H](CC1CC1)N(C)C(=O)[C@@H](Cc1ccc(N2CCOCC2)cc1)OC(=O)[C@H](CC(C)(C)F)NC. The maximum Gasteiger partial charge on any atom is 0.347 e. The highest BCUT2D eigenvalue weighted by Crippen LogP contribution is 2.35. The van der Waals surface area contributed by atoms with Gasteiger partial charge in [0.1, 0.15) is 23.9 Å². The molecule has 2 aliphatic rings. The number of hydrogen-bond donors (Lipinski definition) is 1. The molecule has 1 amide bonds. The van der Waals surface area contributed by atoms with Crippen LogP contribution in [-0.2, 0) is 44.5 Å². The monoisotopic (exact) mass is 675 g/mol. The van der Waals surface area contributed by atoms with E-state index in [0.717, 1.165) is 43.6 Å². The van der Waals surface area contributed by atoms with E-state index < -0.39 is 59.9 Å². The Balaban J connectivity index is 1.81. The van der Waals surface area contributed by atoms with Gasteiger partial charge in [0.15, 0.2) is 12.2 Å². The fraction of sp³-hybridized carbons (Fsp3) is 0.667. The minimum atomic E-state index is -1.67. The van der Waals surface area contributed by atoms with E-state index >= 15 is 0 Å². The lowest BCUT2D eigenvalue weighted by Crippen LogP contribution is -2.51. The Labute approximate surface area is 284 Å². The molecular weight excluding hydrogens is 621 g/mol. The third-order valence-corrected chi connectivity index (χ3v) is 8.50. The van der Waals surface area contributed by atoms with Crippen molar-refractivity contribution in [3.05, 3.63) is 42.0 Å². The lowest BCUT2D eigenvalue weighted by molar-refractivity contribution is -0.174. The van der Waals surface area contributed by atoms with Gasteiger partial charge in [-0.2, -0.15) is 0 Å². The van der Waals surface area contributed by atoms with Gasteiger partial charge in [0.25, 0.3) is 5.91 Å². The van der Waals surface area contributed by atoms with Gasteiger partial charge in [-0.1, -0.05) is 38.0 Å². The zero-order valence-electron chi connectivity index (χ0n) is 29.5. The van der Waals surface area contributed by atoms with Gasteiger partial charge in [0.05, 0.1) is 13.2 Å². The van der Waals surface area contributed by atoms with E-state index in [1.54, 1.807) is 13.0 Å². The molecule has 0 radical (unpaired) electrons. The Hall–Kier alpha value is -3.51. The average Bonchev–Trinajstić information content (AvgIpc) is 3.88. The van der Waals surface area contributed by atoms with Crippen LogP contribution in [0.25, 0.3) is 0 Å². The molecule has 0 aromatic heterocycles. The summed E-state index contributed by atoms with van der Waals surface area (Å²) in [4.78, 5) is 57.1. The van der Waals surface area contributed by atoms with Gasteiger partial charge in [0, 0.05) is 38.7 Å². The van der Waals surface area contributed by atoms with E-state index in [4.69, 9.17) is 18.9 Å². The van der Waals surface area contributed by atoms with Crippen molar-refractivity contribution in [2.75, 3.05) is 45.3 Å². The van der Waals surface area contributed by atoms with Crippen LogP contribution in [0.15, 0.2) is 36.4 Å². The van der Waals surface area contributed by atoms with E-state index in [1.807, 2.05) is 37.3 Å². The highest BCUT2D eigenvalue weighted by molar-refractivity contribution is 5.90. The second kappa shape index (κ2) is 18.3. The van der Waals surface area contributed by atoms with Gasteiger partial charge in [-0.25, -0.2) is 14.0 Å². The van der Waals surface area contributed by atoms with Crippen LogP contribution in [0.4, 0.5) is 10.1 Å². The number of likely N-dealkylation sites (N-methyl/N-ethyl adjacent to an activating group) is 2. The van der Waals surface area contributed by atoms with Crippen molar-refractivity contribution < 1.29 is 42.5 Å². The number of rotatable bonds is 18. The molecule has 5 atom stereocenters. The molecule has 0 bridgehead atoms. The number of allylic oxidation sites excluding steroid dienone is 1. The first-order valence-corrected chi connectivity index (χ1v) is 17.0. The van der Waals surface area contributed by atoms with Gasteiger partial charge in [-0.05, 0) is 77.3 Å². The van der Waals surface area contributed by atoms with Crippen molar-refractivity contribution in [3.8, 4) is 0 Å². The number of anilines is 1. The van der Waals surface area contributed by atoms with E-state index in [0.29, 0.717) is 19.6 Å². The molecule has 0 spiro atoms. The van der Waals surface area contributed by atoms with Crippen molar-refractivity contribution in [2.24, 2.45) is 5.92 Å². The molecule has 3 rings (SSSR count). The summed E-state index contributed by atoms with van der Waals surface area (Å²) < 4.78 is 36.7. The van der Waals surface area contributed by atoms with Crippen LogP contribution in [0.2, 0.25) is 0 Å². The van der Waals surface area contributed by atoms with Gasteiger partial charge in [-0.15, -0.1) is 0 Å². The molecule has 12 heteroatoms. The standard InChI is InChI=1S/C36H54FN3O8/c1-8-9-10-24(2)46-33(42)25(3)47-35(44)30(21-26-11-12-26)39(7)32(41)31(48-34(43)29(38-6)23-36(4,5)37)22-27-13-15-28(16-14-27)40-17-19-45-20-18-40/h9-10,13-16,24-26,29-31,38H,8,11-12,17-23H2,1-7H3/b10-9-/t24?,25-,29+,30+,31-/m1/s1. The number of carbonyl (C=O) groups excluding carboxylic acids is 4. The number of carbonyl (C=O) groups is 4. The van der Waals surface area contributed by atoms with Gasteiger partial charge in [0.2, 0.25) is 0 Å². The van der Waals surface area contributed by atoms with Crippen LogP contribution in [0.5, 0.6) is 0 Å². The van der Waals surface area contributed by atoms with Crippen molar-refractivity contribution in [2.45, 2.75) is 109 Å². The molecule has 1 saturated carbocycles. The molecule has 268 valence electrons. The van der Waals surface area contributed by atoms with Gasteiger partial charge < -0.3 is 34.1 Å². The zero-order valence-corrected chi connectivity index (χ0v) is 29.5. The minimum absolute atomic E-state index is 0.0326. The number of benzene rings is 1.